The van der Waals surface area contributed by atoms with Crippen molar-refractivity contribution in [2.75, 3.05) is 0 Å². The number of aromatic nitrogens is 4. The summed E-state index contributed by atoms with van der Waals surface area (Å²) in [6.07, 6.45) is 0. The maximum atomic E-state index is 6.58. The van der Waals surface area contributed by atoms with E-state index in [-0.39, 0.29) is 10.8 Å². The smallest absolute Gasteiger partial charge is 0.0979 e. The van der Waals surface area contributed by atoms with Gasteiger partial charge in [0.2, 0.25) is 0 Å². The third-order valence-corrected chi connectivity index (χ3v) is 12.6. The Kier molecular flexibility index (Phi) is 7.83. The van der Waals surface area contributed by atoms with Gasteiger partial charge in [-0.2, -0.15) is 0 Å². The minimum Gasteiger partial charge on any atom is -0.244 e. The van der Waals surface area contributed by atoms with E-state index >= 15 is 0 Å². The quantitative estimate of drug-likeness (QED) is 0.129. The molecule has 0 fully saturated rings. The molecule has 0 amide bonds. The normalized spacial score (nSPS) is 12.8. The van der Waals surface area contributed by atoms with Crippen LogP contribution in [0, 0.1) is 0 Å². The molecule has 0 saturated heterocycles. The fourth-order valence-electron chi connectivity index (χ4n) is 8.08. The predicted molar refractivity (Wildman–Crippen MR) is 240 cm³/mol. The standard InChI is InChI=1S/C48H34Cl4N4/c1-47(2,3)27-11-7-23(8-12-27)25-15-29-41-30(16-25)44-46(56-40-22-36(52)34(50)20-38(40)54-44)32-18-26(24-9-13-28(14-10-24)48(4,5)6)17-31(42(32)41)45-43(29)53-37-19-33(49)35(51)21-39(37)55-45/h7-22H,1-6H3. The van der Waals surface area contributed by atoms with E-state index in [9.17, 15) is 0 Å². The molecule has 2 aromatic heterocycles. The molecule has 0 aliphatic rings. The lowest BCUT2D eigenvalue weighted by Crippen LogP contribution is -2.10. The van der Waals surface area contributed by atoms with E-state index in [0.29, 0.717) is 42.2 Å². The minimum absolute atomic E-state index is 0.0213. The Bertz CT molecular complexity index is 2910. The Morgan fingerprint density at radius 3 is 0.821 bits per heavy atom. The lowest BCUT2D eigenvalue weighted by atomic mass is 9.84. The van der Waals surface area contributed by atoms with Crippen LogP contribution in [0.3, 0.4) is 0 Å². The van der Waals surface area contributed by atoms with Gasteiger partial charge in [-0.3, -0.25) is 0 Å². The molecule has 0 bridgehead atoms. The van der Waals surface area contributed by atoms with Gasteiger partial charge in [-0.05, 0) is 92.7 Å². The Hall–Kier alpha value is -4.84. The van der Waals surface area contributed by atoms with Crippen LogP contribution in [-0.4, -0.2) is 19.9 Å². The Labute approximate surface area is 343 Å². The zero-order valence-corrected chi connectivity index (χ0v) is 34.6. The van der Waals surface area contributed by atoms with Gasteiger partial charge < -0.3 is 0 Å². The highest BCUT2D eigenvalue weighted by Crippen LogP contribution is 2.47. The van der Waals surface area contributed by atoms with Crippen LogP contribution in [0.4, 0.5) is 0 Å². The van der Waals surface area contributed by atoms with E-state index in [1.54, 1.807) is 24.3 Å². The summed E-state index contributed by atoms with van der Waals surface area (Å²) >= 11 is 26.3. The fourth-order valence-corrected chi connectivity index (χ4v) is 8.71. The molecular formula is C48H34Cl4N4. The van der Waals surface area contributed by atoms with Crippen molar-refractivity contribution in [1.29, 1.82) is 0 Å². The molecule has 0 radical (unpaired) electrons. The van der Waals surface area contributed by atoms with Crippen molar-refractivity contribution in [3.8, 4) is 22.3 Å². The maximum Gasteiger partial charge on any atom is 0.0979 e. The van der Waals surface area contributed by atoms with Crippen molar-refractivity contribution in [3.05, 3.63) is 128 Å². The zero-order valence-electron chi connectivity index (χ0n) is 31.5. The van der Waals surface area contributed by atoms with Gasteiger partial charge in [-0.1, -0.05) is 136 Å². The predicted octanol–water partition coefficient (Wildman–Crippen LogP) is 15.3. The summed E-state index contributed by atoms with van der Waals surface area (Å²) in [5.41, 5.74) is 12.5. The van der Waals surface area contributed by atoms with Gasteiger partial charge in [0.15, 0.2) is 0 Å². The highest BCUT2D eigenvalue weighted by Gasteiger charge is 2.24. The zero-order chi connectivity index (χ0) is 39.0. The molecule has 0 aliphatic carbocycles. The van der Waals surface area contributed by atoms with Crippen molar-refractivity contribution in [2.45, 2.75) is 52.4 Å². The number of fused-ring (bicyclic) bond motifs is 8. The minimum atomic E-state index is 0.0213. The number of benzene rings is 8. The molecular weight excluding hydrogens is 774 g/mol. The van der Waals surface area contributed by atoms with Gasteiger partial charge in [0.25, 0.3) is 0 Å². The molecule has 0 N–H and O–H groups in total. The lowest BCUT2D eigenvalue weighted by Gasteiger charge is -2.21. The number of rotatable bonds is 2. The molecule has 0 atom stereocenters. The van der Waals surface area contributed by atoms with E-state index in [0.717, 1.165) is 76.6 Å². The highest BCUT2D eigenvalue weighted by atomic mass is 35.5. The SMILES string of the molecule is CC(C)(C)c1ccc(-c2cc3c4nc5cc(Cl)c(Cl)cc5nc4c4cc(-c5ccc(C(C)(C)C)cc5)cc5c6nc7cc(Cl)c(Cl)cc7nc6c(c2)c3c45)cc1. The molecule has 2 heterocycles. The van der Waals surface area contributed by atoms with Gasteiger partial charge in [-0.25, -0.2) is 19.9 Å². The summed E-state index contributed by atoms with van der Waals surface area (Å²) in [5.74, 6) is 0. The van der Waals surface area contributed by atoms with Crippen molar-refractivity contribution in [2.24, 2.45) is 0 Å². The van der Waals surface area contributed by atoms with Crippen LogP contribution in [0.15, 0.2) is 97.1 Å². The van der Waals surface area contributed by atoms with Crippen molar-refractivity contribution >= 4 is 123 Å². The Balaban J connectivity index is 1.42. The third kappa shape index (κ3) is 5.56. The van der Waals surface area contributed by atoms with E-state index < -0.39 is 0 Å². The molecule has 0 saturated carbocycles. The van der Waals surface area contributed by atoms with Gasteiger partial charge in [0.1, 0.15) is 0 Å². The van der Waals surface area contributed by atoms with Crippen LogP contribution in [0.25, 0.3) is 98.7 Å². The monoisotopic (exact) mass is 806 g/mol. The molecule has 274 valence electrons. The van der Waals surface area contributed by atoms with Crippen LogP contribution in [0.1, 0.15) is 52.7 Å². The van der Waals surface area contributed by atoms with Gasteiger partial charge in [-0.15, -0.1) is 0 Å². The van der Waals surface area contributed by atoms with Crippen molar-refractivity contribution in [1.82, 2.24) is 19.9 Å². The molecule has 56 heavy (non-hydrogen) atoms. The second kappa shape index (κ2) is 12.3. The van der Waals surface area contributed by atoms with Crippen molar-refractivity contribution in [3.63, 3.8) is 0 Å². The first-order valence-corrected chi connectivity index (χ1v) is 20.1. The van der Waals surface area contributed by atoms with Gasteiger partial charge in [0, 0.05) is 32.3 Å². The number of nitrogens with zero attached hydrogens (tertiary/aromatic N) is 4. The summed E-state index contributed by atoms with van der Waals surface area (Å²) in [6.45, 7) is 13.4. The lowest BCUT2D eigenvalue weighted by molar-refractivity contribution is 0.590. The molecule has 0 spiro atoms. The second-order valence-corrected chi connectivity index (χ2v) is 18.5. The van der Waals surface area contributed by atoms with Gasteiger partial charge >= 0.3 is 0 Å². The molecule has 10 rings (SSSR count). The summed E-state index contributed by atoms with van der Waals surface area (Å²) in [6, 6.07) is 33.8. The Morgan fingerprint density at radius 2 is 0.589 bits per heavy atom. The van der Waals surface area contributed by atoms with E-state index in [1.165, 1.54) is 11.1 Å². The maximum absolute atomic E-state index is 6.58. The average molecular weight is 809 g/mol. The van der Waals surface area contributed by atoms with Crippen molar-refractivity contribution < 1.29 is 0 Å². The number of halogens is 4. The second-order valence-electron chi connectivity index (χ2n) is 16.9. The van der Waals surface area contributed by atoms with Crippen LogP contribution in [0.5, 0.6) is 0 Å². The van der Waals surface area contributed by atoms with E-state index in [4.69, 9.17) is 66.3 Å². The summed E-state index contributed by atoms with van der Waals surface area (Å²) < 4.78 is 0. The van der Waals surface area contributed by atoms with Crippen LogP contribution < -0.4 is 0 Å². The number of hydrogen-bond donors (Lipinski definition) is 0. The first-order valence-electron chi connectivity index (χ1n) is 18.6. The summed E-state index contributed by atoms with van der Waals surface area (Å²) in [5, 5.41) is 7.65. The third-order valence-electron chi connectivity index (χ3n) is 11.1. The number of hydrogen-bond acceptors (Lipinski definition) is 4. The fraction of sp³-hybridized carbons (Fsp3) is 0.167. The van der Waals surface area contributed by atoms with Crippen LogP contribution in [0.2, 0.25) is 20.1 Å². The average Bonchev–Trinajstić information content (AvgIpc) is 3.16. The van der Waals surface area contributed by atoms with E-state index in [1.807, 2.05) is 0 Å². The first kappa shape index (κ1) is 35.6. The molecule has 4 nitrogen and oxygen atoms in total. The topological polar surface area (TPSA) is 51.6 Å². The highest BCUT2D eigenvalue weighted by molar-refractivity contribution is 6.44. The van der Waals surface area contributed by atoms with Gasteiger partial charge in [0.05, 0.1) is 64.2 Å². The molecule has 10 aromatic rings. The first-order chi connectivity index (χ1) is 26.6. The van der Waals surface area contributed by atoms with Crippen LogP contribution in [-0.2, 0) is 10.8 Å². The molecule has 8 heteroatoms. The summed E-state index contributed by atoms with van der Waals surface area (Å²) in [4.78, 5) is 21.3. The summed E-state index contributed by atoms with van der Waals surface area (Å²) in [7, 11) is 0. The van der Waals surface area contributed by atoms with E-state index in [2.05, 4.69) is 114 Å². The molecule has 0 aliphatic heterocycles. The molecule has 8 aromatic carbocycles. The largest absolute Gasteiger partial charge is 0.244 e. The molecule has 0 unspecified atom stereocenters. The Morgan fingerprint density at radius 1 is 0.339 bits per heavy atom. The van der Waals surface area contributed by atoms with Crippen LogP contribution >= 0.6 is 46.4 Å².